The number of hydrogen-bond donors (Lipinski definition) is 1. The van der Waals surface area contributed by atoms with Gasteiger partial charge in [0.15, 0.2) is 0 Å². The van der Waals surface area contributed by atoms with E-state index in [2.05, 4.69) is 6.07 Å². The van der Waals surface area contributed by atoms with E-state index in [9.17, 15) is 5.11 Å². The molecule has 0 amide bonds. The molecule has 0 saturated heterocycles. The number of thiophene rings is 1. The largest absolute Gasteiger partial charge is 0.469 e. The van der Waals surface area contributed by atoms with E-state index in [1.54, 1.807) is 17.6 Å². The summed E-state index contributed by atoms with van der Waals surface area (Å²) in [6, 6.07) is 5.96. The molecule has 0 aliphatic heterocycles. The van der Waals surface area contributed by atoms with Gasteiger partial charge in [0, 0.05) is 16.2 Å². The van der Waals surface area contributed by atoms with Crippen molar-refractivity contribution in [3.8, 4) is 0 Å². The minimum absolute atomic E-state index is 0.420. The molecular formula is C14H16O2S. The lowest BCUT2D eigenvalue weighted by Crippen LogP contribution is -1.98. The van der Waals surface area contributed by atoms with Crippen molar-refractivity contribution in [2.75, 3.05) is 0 Å². The van der Waals surface area contributed by atoms with Gasteiger partial charge in [0.05, 0.1) is 12.4 Å². The SMILES string of the molecule is OC(Cc1ccco1)c1cc2c(s1)CCCC2. The van der Waals surface area contributed by atoms with Crippen LogP contribution in [0.15, 0.2) is 28.9 Å². The number of fused-ring (bicyclic) bond motifs is 1. The van der Waals surface area contributed by atoms with Crippen molar-refractivity contribution in [3.63, 3.8) is 0 Å². The second kappa shape index (κ2) is 4.67. The van der Waals surface area contributed by atoms with E-state index in [1.807, 2.05) is 12.1 Å². The Balaban J connectivity index is 1.77. The molecule has 0 spiro atoms. The van der Waals surface area contributed by atoms with Gasteiger partial charge < -0.3 is 9.52 Å². The monoisotopic (exact) mass is 248 g/mol. The van der Waals surface area contributed by atoms with Crippen LogP contribution in [0.4, 0.5) is 0 Å². The maximum Gasteiger partial charge on any atom is 0.106 e. The summed E-state index contributed by atoms with van der Waals surface area (Å²) in [6.45, 7) is 0. The van der Waals surface area contributed by atoms with E-state index in [4.69, 9.17) is 4.42 Å². The lowest BCUT2D eigenvalue weighted by molar-refractivity contribution is 0.174. The number of furan rings is 1. The van der Waals surface area contributed by atoms with Crippen molar-refractivity contribution in [1.82, 2.24) is 0 Å². The van der Waals surface area contributed by atoms with Crippen LogP contribution in [0.25, 0.3) is 0 Å². The highest BCUT2D eigenvalue weighted by Gasteiger charge is 2.18. The van der Waals surface area contributed by atoms with Gasteiger partial charge in [-0.3, -0.25) is 0 Å². The topological polar surface area (TPSA) is 33.4 Å². The normalized spacial score (nSPS) is 16.8. The summed E-state index contributed by atoms with van der Waals surface area (Å²) >= 11 is 1.77. The van der Waals surface area contributed by atoms with E-state index in [0.717, 1.165) is 10.6 Å². The number of aryl methyl sites for hydroxylation is 2. The Morgan fingerprint density at radius 2 is 2.24 bits per heavy atom. The average molecular weight is 248 g/mol. The van der Waals surface area contributed by atoms with Crippen LogP contribution >= 0.6 is 11.3 Å². The summed E-state index contributed by atoms with van der Waals surface area (Å²) in [5, 5.41) is 10.2. The van der Waals surface area contributed by atoms with Crippen LogP contribution in [0.3, 0.4) is 0 Å². The molecule has 90 valence electrons. The highest BCUT2D eigenvalue weighted by molar-refractivity contribution is 7.12. The quantitative estimate of drug-likeness (QED) is 0.902. The molecule has 1 atom stereocenters. The van der Waals surface area contributed by atoms with Crippen molar-refractivity contribution >= 4 is 11.3 Å². The summed E-state index contributed by atoms with van der Waals surface area (Å²) < 4.78 is 5.27. The predicted octanol–water partition coefficient (Wildman–Crippen LogP) is 3.50. The van der Waals surface area contributed by atoms with Gasteiger partial charge in [-0.2, -0.15) is 0 Å². The number of aliphatic hydroxyl groups is 1. The van der Waals surface area contributed by atoms with Gasteiger partial charge in [-0.15, -0.1) is 11.3 Å². The van der Waals surface area contributed by atoms with Crippen molar-refractivity contribution < 1.29 is 9.52 Å². The standard InChI is InChI=1S/C14H16O2S/c15-12(9-11-5-3-7-16-11)14-8-10-4-1-2-6-13(10)17-14/h3,5,7-8,12,15H,1-2,4,6,9H2. The molecule has 1 unspecified atom stereocenters. The first kappa shape index (κ1) is 11.1. The highest BCUT2D eigenvalue weighted by atomic mass is 32.1. The first-order valence-electron chi connectivity index (χ1n) is 6.15. The van der Waals surface area contributed by atoms with Gasteiger partial charge in [0.2, 0.25) is 0 Å². The van der Waals surface area contributed by atoms with Crippen LogP contribution in [-0.2, 0) is 19.3 Å². The molecular weight excluding hydrogens is 232 g/mol. The number of rotatable bonds is 3. The van der Waals surface area contributed by atoms with Gasteiger partial charge in [-0.05, 0) is 49.4 Å². The Bertz CT molecular complexity index is 461. The molecule has 17 heavy (non-hydrogen) atoms. The third-order valence-corrected chi connectivity index (χ3v) is 4.66. The van der Waals surface area contributed by atoms with Crippen molar-refractivity contribution in [1.29, 1.82) is 0 Å². The predicted molar refractivity (Wildman–Crippen MR) is 68.3 cm³/mol. The molecule has 1 aliphatic rings. The van der Waals surface area contributed by atoms with Crippen molar-refractivity contribution in [3.05, 3.63) is 45.5 Å². The van der Waals surface area contributed by atoms with Gasteiger partial charge in [0.1, 0.15) is 5.76 Å². The molecule has 0 saturated carbocycles. The van der Waals surface area contributed by atoms with E-state index in [0.29, 0.717) is 6.42 Å². The molecule has 3 heteroatoms. The Morgan fingerprint density at radius 1 is 1.35 bits per heavy atom. The second-order valence-corrected chi connectivity index (χ2v) is 5.77. The van der Waals surface area contributed by atoms with E-state index >= 15 is 0 Å². The smallest absolute Gasteiger partial charge is 0.106 e. The Kier molecular flexibility index (Phi) is 3.04. The average Bonchev–Trinajstić information content (AvgIpc) is 2.96. The fourth-order valence-electron chi connectivity index (χ4n) is 2.40. The summed E-state index contributed by atoms with van der Waals surface area (Å²) in [5.74, 6) is 0.851. The van der Waals surface area contributed by atoms with Gasteiger partial charge in [0.25, 0.3) is 0 Å². The summed E-state index contributed by atoms with van der Waals surface area (Å²) in [4.78, 5) is 2.57. The van der Waals surface area contributed by atoms with E-state index in [-0.39, 0.29) is 0 Å². The van der Waals surface area contributed by atoms with Gasteiger partial charge >= 0.3 is 0 Å². The minimum atomic E-state index is -0.420. The van der Waals surface area contributed by atoms with E-state index in [1.165, 1.54) is 36.1 Å². The second-order valence-electron chi connectivity index (χ2n) is 4.60. The maximum absolute atomic E-state index is 10.2. The zero-order valence-electron chi connectivity index (χ0n) is 9.69. The van der Waals surface area contributed by atoms with Crippen LogP contribution in [0.1, 0.15) is 40.0 Å². The molecule has 2 nitrogen and oxygen atoms in total. The first-order chi connectivity index (χ1) is 8.33. The highest BCUT2D eigenvalue weighted by Crippen LogP contribution is 2.33. The lowest BCUT2D eigenvalue weighted by Gasteiger charge is -2.08. The fourth-order valence-corrected chi connectivity index (χ4v) is 3.64. The molecule has 1 N–H and O–H groups in total. The number of aliphatic hydroxyl groups excluding tert-OH is 1. The molecule has 2 heterocycles. The fraction of sp³-hybridized carbons (Fsp3) is 0.429. The van der Waals surface area contributed by atoms with Crippen LogP contribution in [-0.4, -0.2) is 5.11 Å². The summed E-state index contributed by atoms with van der Waals surface area (Å²) in [5.41, 5.74) is 1.45. The molecule has 0 bridgehead atoms. The number of hydrogen-bond acceptors (Lipinski definition) is 3. The van der Waals surface area contributed by atoms with Gasteiger partial charge in [-0.1, -0.05) is 0 Å². The Hall–Kier alpha value is -1.06. The maximum atomic E-state index is 10.2. The van der Waals surface area contributed by atoms with Crippen LogP contribution in [0, 0.1) is 0 Å². The first-order valence-corrected chi connectivity index (χ1v) is 6.96. The van der Waals surface area contributed by atoms with Crippen molar-refractivity contribution in [2.24, 2.45) is 0 Å². The molecule has 0 radical (unpaired) electrons. The third kappa shape index (κ3) is 2.31. The Labute approximate surface area is 105 Å². The minimum Gasteiger partial charge on any atom is -0.469 e. The zero-order valence-corrected chi connectivity index (χ0v) is 10.5. The third-order valence-electron chi connectivity index (χ3n) is 3.32. The molecule has 0 fully saturated rings. The summed E-state index contributed by atoms with van der Waals surface area (Å²) in [6.07, 6.45) is 6.76. The summed E-state index contributed by atoms with van der Waals surface area (Å²) in [7, 11) is 0. The van der Waals surface area contributed by atoms with E-state index < -0.39 is 6.10 Å². The molecule has 1 aliphatic carbocycles. The molecule has 2 aromatic rings. The lowest BCUT2D eigenvalue weighted by atomic mass is 9.99. The zero-order chi connectivity index (χ0) is 11.7. The Morgan fingerprint density at radius 3 is 3.00 bits per heavy atom. The van der Waals surface area contributed by atoms with Crippen LogP contribution < -0.4 is 0 Å². The van der Waals surface area contributed by atoms with Crippen molar-refractivity contribution in [2.45, 2.75) is 38.2 Å². The molecule has 0 aromatic carbocycles. The van der Waals surface area contributed by atoms with Crippen LogP contribution in [0.5, 0.6) is 0 Å². The molecule has 3 rings (SSSR count). The van der Waals surface area contributed by atoms with Gasteiger partial charge in [-0.25, -0.2) is 0 Å². The van der Waals surface area contributed by atoms with Crippen LogP contribution in [0.2, 0.25) is 0 Å². The molecule has 2 aromatic heterocycles.